The van der Waals surface area contributed by atoms with E-state index in [4.69, 9.17) is 0 Å². The van der Waals surface area contributed by atoms with E-state index in [1.165, 1.54) is 13.2 Å². The summed E-state index contributed by atoms with van der Waals surface area (Å²) in [4.78, 5) is 0. The summed E-state index contributed by atoms with van der Waals surface area (Å²) >= 11 is 2.95. The van der Waals surface area contributed by atoms with Crippen LogP contribution < -0.4 is 0 Å². The minimum atomic E-state index is -0.909. The van der Waals surface area contributed by atoms with Crippen molar-refractivity contribution in [3.63, 3.8) is 0 Å². The molecule has 0 amide bonds. The lowest BCUT2D eigenvalue weighted by Gasteiger charge is -2.11. The molecule has 15 heavy (non-hydrogen) atoms. The van der Waals surface area contributed by atoms with Crippen LogP contribution in [0.4, 0.5) is 8.78 Å². The third-order valence-corrected chi connectivity index (χ3v) is 2.55. The van der Waals surface area contributed by atoms with Gasteiger partial charge in [0.1, 0.15) is 11.6 Å². The molecule has 1 atom stereocenters. The Balaban J connectivity index is 2.88. The van der Waals surface area contributed by atoms with Gasteiger partial charge in [-0.1, -0.05) is 0 Å². The Labute approximate surface area is 95.0 Å². The molecule has 1 aromatic carbocycles. The van der Waals surface area contributed by atoms with Crippen LogP contribution in [0.15, 0.2) is 16.6 Å². The molecule has 1 rings (SSSR count). The number of benzene rings is 1. The van der Waals surface area contributed by atoms with Crippen molar-refractivity contribution < 1.29 is 18.6 Å². The Morgan fingerprint density at radius 3 is 2.73 bits per heavy atom. The quantitative estimate of drug-likeness (QED) is 0.858. The van der Waals surface area contributed by atoms with Crippen LogP contribution in [-0.4, -0.2) is 24.9 Å². The van der Waals surface area contributed by atoms with Gasteiger partial charge in [0, 0.05) is 19.1 Å². The zero-order chi connectivity index (χ0) is 11.4. The van der Waals surface area contributed by atoms with Crippen LogP contribution in [0.1, 0.15) is 5.56 Å². The van der Waals surface area contributed by atoms with Gasteiger partial charge < -0.3 is 9.84 Å². The van der Waals surface area contributed by atoms with E-state index in [2.05, 4.69) is 20.7 Å². The summed E-state index contributed by atoms with van der Waals surface area (Å²) in [6.07, 6.45) is -1.02. The van der Waals surface area contributed by atoms with E-state index in [9.17, 15) is 13.9 Å². The first-order valence-electron chi connectivity index (χ1n) is 4.35. The monoisotopic (exact) mass is 280 g/mol. The first-order chi connectivity index (χ1) is 7.06. The molecule has 0 radical (unpaired) electrons. The number of halogens is 3. The van der Waals surface area contributed by atoms with Crippen molar-refractivity contribution in [3.05, 3.63) is 33.8 Å². The third kappa shape index (κ3) is 3.22. The van der Waals surface area contributed by atoms with Crippen LogP contribution in [0.2, 0.25) is 0 Å². The van der Waals surface area contributed by atoms with Gasteiger partial charge in [-0.25, -0.2) is 8.78 Å². The molecular formula is C10H11BrF2O2. The maximum absolute atomic E-state index is 13.4. The van der Waals surface area contributed by atoms with Crippen LogP contribution in [-0.2, 0) is 11.2 Å². The molecule has 1 unspecified atom stereocenters. The van der Waals surface area contributed by atoms with Crippen molar-refractivity contribution in [2.75, 3.05) is 13.7 Å². The molecule has 0 fully saturated rings. The number of hydrogen-bond acceptors (Lipinski definition) is 2. The molecule has 0 saturated heterocycles. The van der Waals surface area contributed by atoms with Gasteiger partial charge >= 0.3 is 0 Å². The molecule has 0 heterocycles. The molecular weight excluding hydrogens is 270 g/mol. The lowest BCUT2D eigenvalue weighted by atomic mass is 10.1. The topological polar surface area (TPSA) is 29.5 Å². The minimum absolute atomic E-state index is 0.0470. The molecule has 0 aliphatic rings. The minimum Gasteiger partial charge on any atom is -0.390 e. The highest BCUT2D eigenvalue weighted by Crippen LogP contribution is 2.22. The van der Waals surface area contributed by atoms with Gasteiger partial charge in [0.05, 0.1) is 17.2 Å². The average Bonchev–Trinajstić information content (AvgIpc) is 2.19. The standard InChI is InChI=1S/C10H11BrF2O2/c1-15-5-6(14)4-7-9(12)3-2-8(11)10(7)13/h2-3,6,14H,4-5H2,1H3. The third-order valence-electron chi connectivity index (χ3n) is 1.94. The molecule has 0 aromatic heterocycles. The molecule has 2 nitrogen and oxygen atoms in total. The van der Waals surface area contributed by atoms with Gasteiger partial charge in [0.25, 0.3) is 0 Å². The zero-order valence-corrected chi connectivity index (χ0v) is 9.72. The summed E-state index contributed by atoms with van der Waals surface area (Å²) in [5, 5.41) is 9.37. The molecule has 0 saturated carbocycles. The Morgan fingerprint density at radius 2 is 2.13 bits per heavy atom. The Kier molecular flexibility index (Phi) is 4.63. The van der Waals surface area contributed by atoms with E-state index >= 15 is 0 Å². The summed E-state index contributed by atoms with van der Waals surface area (Å²) in [6, 6.07) is 2.44. The van der Waals surface area contributed by atoms with Crippen LogP contribution in [0, 0.1) is 11.6 Å². The molecule has 0 spiro atoms. The zero-order valence-electron chi connectivity index (χ0n) is 8.14. The van der Waals surface area contributed by atoms with Crippen molar-refractivity contribution in [1.82, 2.24) is 0 Å². The number of hydrogen-bond donors (Lipinski definition) is 1. The van der Waals surface area contributed by atoms with Crippen molar-refractivity contribution >= 4 is 15.9 Å². The second-order valence-corrected chi connectivity index (χ2v) is 3.99. The van der Waals surface area contributed by atoms with Crippen molar-refractivity contribution in [3.8, 4) is 0 Å². The van der Waals surface area contributed by atoms with Crippen LogP contribution in [0.5, 0.6) is 0 Å². The molecule has 0 aliphatic carbocycles. The maximum atomic E-state index is 13.4. The van der Waals surface area contributed by atoms with Crippen molar-refractivity contribution in [2.24, 2.45) is 0 Å². The summed E-state index contributed by atoms with van der Waals surface area (Å²) in [7, 11) is 1.41. The average molecular weight is 281 g/mol. The Morgan fingerprint density at radius 1 is 1.47 bits per heavy atom. The fraction of sp³-hybridized carbons (Fsp3) is 0.400. The largest absolute Gasteiger partial charge is 0.390 e. The first kappa shape index (κ1) is 12.5. The van der Waals surface area contributed by atoms with Crippen molar-refractivity contribution in [2.45, 2.75) is 12.5 Å². The number of aliphatic hydroxyl groups excluding tert-OH is 1. The van der Waals surface area contributed by atoms with Gasteiger partial charge in [-0.3, -0.25) is 0 Å². The number of rotatable bonds is 4. The van der Waals surface area contributed by atoms with E-state index in [-0.39, 0.29) is 23.1 Å². The number of methoxy groups -OCH3 is 1. The fourth-order valence-electron chi connectivity index (χ4n) is 1.24. The molecule has 5 heteroatoms. The van der Waals surface area contributed by atoms with E-state index in [1.807, 2.05) is 0 Å². The molecule has 0 aliphatic heterocycles. The van der Waals surface area contributed by atoms with Gasteiger partial charge in [-0.15, -0.1) is 0 Å². The Hall–Kier alpha value is -0.520. The molecule has 1 N–H and O–H groups in total. The van der Waals surface area contributed by atoms with Gasteiger partial charge in [-0.05, 0) is 28.1 Å². The summed E-state index contributed by atoms with van der Waals surface area (Å²) in [5.41, 5.74) is -0.131. The van der Waals surface area contributed by atoms with E-state index < -0.39 is 17.7 Å². The molecule has 0 bridgehead atoms. The molecule has 84 valence electrons. The highest BCUT2D eigenvalue weighted by atomic mass is 79.9. The van der Waals surface area contributed by atoms with Crippen LogP contribution >= 0.6 is 15.9 Å². The fourth-order valence-corrected chi connectivity index (χ4v) is 1.61. The highest BCUT2D eigenvalue weighted by molar-refractivity contribution is 9.10. The molecule has 1 aromatic rings. The summed E-state index contributed by atoms with van der Waals surface area (Å²) < 4.78 is 31.5. The second kappa shape index (κ2) is 5.53. The highest BCUT2D eigenvalue weighted by Gasteiger charge is 2.16. The maximum Gasteiger partial charge on any atom is 0.143 e. The van der Waals surface area contributed by atoms with E-state index in [0.717, 1.165) is 6.07 Å². The predicted molar refractivity (Wildman–Crippen MR) is 55.6 cm³/mol. The number of aliphatic hydroxyl groups is 1. The lowest BCUT2D eigenvalue weighted by Crippen LogP contribution is -2.18. The van der Waals surface area contributed by atoms with Gasteiger partial charge in [0.2, 0.25) is 0 Å². The van der Waals surface area contributed by atoms with E-state index in [1.54, 1.807) is 0 Å². The Bertz CT molecular complexity index is 344. The second-order valence-electron chi connectivity index (χ2n) is 3.14. The lowest BCUT2D eigenvalue weighted by molar-refractivity contribution is 0.0639. The summed E-state index contributed by atoms with van der Waals surface area (Å²) in [5.74, 6) is -1.34. The summed E-state index contributed by atoms with van der Waals surface area (Å²) in [6.45, 7) is 0.0470. The predicted octanol–water partition coefficient (Wildman–Crippen LogP) is 2.28. The van der Waals surface area contributed by atoms with Crippen LogP contribution in [0.3, 0.4) is 0 Å². The van der Waals surface area contributed by atoms with Gasteiger partial charge in [-0.2, -0.15) is 0 Å². The normalized spacial score (nSPS) is 12.9. The van der Waals surface area contributed by atoms with Crippen LogP contribution in [0.25, 0.3) is 0 Å². The van der Waals surface area contributed by atoms with E-state index in [0.29, 0.717) is 0 Å². The first-order valence-corrected chi connectivity index (χ1v) is 5.15. The SMILES string of the molecule is COCC(O)Cc1c(F)ccc(Br)c1F. The van der Waals surface area contributed by atoms with Crippen molar-refractivity contribution in [1.29, 1.82) is 0 Å². The smallest absolute Gasteiger partial charge is 0.143 e. The van der Waals surface area contributed by atoms with Gasteiger partial charge in [0.15, 0.2) is 0 Å². The number of ether oxygens (including phenoxy) is 1.